The highest BCUT2D eigenvalue weighted by Crippen LogP contribution is 2.30. The van der Waals surface area contributed by atoms with Gasteiger partial charge in [-0.15, -0.1) is 0 Å². The average Bonchev–Trinajstić information content (AvgIpc) is 2.45. The highest BCUT2D eigenvalue weighted by Gasteiger charge is 2.30. The summed E-state index contributed by atoms with van der Waals surface area (Å²) in [7, 11) is 1.60. The van der Waals surface area contributed by atoms with Crippen LogP contribution in [0.5, 0.6) is 5.75 Å². The van der Waals surface area contributed by atoms with Crippen molar-refractivity contribution in [1.82, 2.24) is 0 Å². The maximum absolute atomic E-state index is 12.6. The number of hydrogen-bond acceptors (Lipinski definition) is 2. The smallest absolute Gasteiger partial charge is 0.416 e. The third-order valence-electron chi connectivity index (χ3n) is 3.15. The molecule has 0 saturated heterocycles. The van der Waals surface area contributed by atoms with Crippen LogP contribution in [0.15, 0.2) is 42.5 Å². The van der Waals surface area contributed by atoms with E-state index in [2.05, 4.69) is 5.32 Å². The fourth-order valence-electron chi connectivity index (χ4n) is 2.06. The van der Waals surface area contributed by atoms with Crippen LogP contribution in [0.1, 0.15) is 16.7 Å². The second-order valence-electron chi connectivity index (χ2n) is 4.74. The number of alkyl halides is 3. The summed E-state index contributed by atoms with van der Waals surface area (Å²) in [5.41, 5.74) is 1.75. The molecule has 0 fully saturated rings. The first-order chi connectivity index (χ1) is 9.90. The maximum atomic E-state index is 12.6. The molecule has 1 N–H and O–H groups in total. The minimum atomic E-state index is -4.33. The zero-order valence-electron chi connectivity index (χ0n) is 11.8. The number of hydrogen-bond donors (Lipinski definition) is 1. The van der Waals surface area contributed by atoms with Crippen LogP contribution in [0.3, 0.4) is 0 Å². The van der Waals surface area contributed by atoms with Gasteiger partial charge in [0, 0.05) is 12.2 Å². The average molecular weight is 295 g/mol. The molecule has 0 aromatic heterocycles. The summed E-state index contributed by atoms with van der Waals surface area (Å²) < 4.78 is 43.0. The van der Waals surface area contributed by atoms with Gasteiger partial charge in [0.25, 0.3) is 0 Å². The van der Waals surface area contributed by atoms with Gasteiger partial charge in [-0.05, 0) is 42.3 Å². The molecule has 2 aromatic rings. The normalized spacial score (nSPS) is 11.3. The maximum Gasteiger partial charge on any atom is 0.416 e. The van der Waals surface area contributed by atoms with Crippen LogP contribution in [-0.4, -0.2) is 7.11 Å². The van der Waals surface area contributed by atoms with Crippen molar-refractivity contribution in [3.05, 3.63) is 59.2 Å². The molecule has 2 rings (SSSR count). The number of aryl methyl sites for hydroxylation is 1. The molecule has 21 heavy (non-hydrogen) atoms. The lowest BCUT2D eigenvalue weighted by atomic mass is 10.1. The zero-order valence-corrected chi connectivity index (χ0v) is 11.8. The highest BCUT2D eigenvalue weighted by molar-refractivity contribution is 5.47. The molecule has 0 aliphatic rings. The number of methoxy groups -OCH3 is 1. The lowest BCUT2D eigenvalue weighted by Crippen LogP contribution is -2.06. The molecular formula is C16H16F3NO. The molecule has 0 aliphatic carbocycles. The van der Waals surface area contributed by atoms with E-state index in [-0.39, 0.29) is 0 Å². The molecule has 2 aromatic carbocycles. The standard InChI is InChI=1S/C16H16F3NO/c1-11-8-12(6-7-15(11)21-2)10-20-14-5-3-4-13(9-14)16(17,18)19/h3-9,20H,10H2,1-2H3. The minimum Gasteiger partial charge on any atom is -0.496 e. The predicted octanol–water partition coefficient (Wildman–Crippen LogP) is 4.63. The van der Waals surface area contributed by atoms with Gasteiger partial charge in [-0.25, -0.2) is 0 Å². The van der Waals surface area contributed by atoms with Crippen LogP contribution in [-0.2, 0) is 12.7 Å². The van der Waals surface area contributed by atoms with Crippen LogP contribution >= 0.6 is 0 Å². The first kappa shape index (κ1) is 15.2. The van der Waals surface area contributed by atoms with Crippen LogP contribution in [0, 0.1) is 6.92 Å². The Balaban J connectivity index is 2.08. The number of halogens is 3. The van der Waals surface area contributed by atoms with Gasteiger partial charge in [0.15, 0.2) is 0 Å². The van der Waals surface area contributed by atoms with Gasteiger partial charge in [0.1, 0.15) is 5.75 Å². The van der Waals surface area contributed by atoms with Crippen LogP contribution < -0.4 is 10.1 Å². The number of nitrogens with one attached hydrogen (secondary N) is 1. The molecule has 0 radical (unpaired) electrons. The quantitative estimate of drug-likeness (QED) is 0.887. The molecule has 0 heterocycles. The molecule has 0 unspecified atom stereocenters. The Labute approximate surface area is 121 Å². The molecule has 0 bridgehead atoms. The van der Waals surface area contributed by atoms with Crippen LogP contribution in [0.4, 0.5) is 18.9 Å². The van der Waals surface area contributed by atoms with E-state index in [9.17, 15) is 13.2 Å². The molecule has 5 heteroatoms. The fraction of sp³-hybridized carbons (Fsp3) is 0.250. The van der Waals surface area contributed by atoms with Gasteiger partial charge < -0.3 is 10.1 Å². The second kappa shape index (κ2) is 6.08. The van der Waals surface area contributed by atoms with Gasteiger partial charge in [-0.3, -0.25) is 0 Å². The van der Waals surface area contributed by atoms with Crippen molar-refractivity contribution >= 4 is 5.69 Å². The van der Waals surface area contributed by atoms with Crippen molar-refractivity contribution < 1.29 is 17.9 Å². The predicted molar refractivity (Wildman–Crippen MR) is 76.5 cm³/mol. The van der Waals surface area contributed by atoms with Crippen LogP contribution in [0.2, 0.25) is 0 Å². The molecule has 0 saturated carbocycles. The third kappa shape index (κ3) is 3.90. The first-order valence-corrected chi connectivity index (χ1v) is 6.45. The highest BCUT2D eigenvalue weighted by atomic mass is 19.4. The number of benzene rings is 2. The molecule has 112 valence electrons. The van der Waals surface area contributed by atoms with E-state index in [1.807, 2.05) is 25.1 Å². The van der Waals surface area contributed by atoms with E-state index < -0.39 is 11.7 Å². The van der Waals surface area contributed by atoms with E-state index in [0.717, 1.165) is 29.0 Å². The first-order valence-electron chi connectivity index (χ1n) is 6.45. The summed E-state index contributed by atoms with van der Waals surface area (Å²) in [6.07, 6.45) is -4.33. The van der Waals surface area contributed by atoms with E-state index in [4.69, 9.17) is 4.74 Å². The van der Waals surface area contributed by atoms with Crippen molar-refractivity contribution in [1.29, 1.82) is 0 Å². The molecule has 0 spiro atoms. The zero-order chi connectivity index (χ0) is 15.5. The molecular weight excluding hydrogens is 279 g/mol. The Kier molecular flexibility index (Phi) is 4.40. The molecule has 0 atom stereocenters. The lowest BCUT2D eigenvalue weighted by Gasteiger charge is -2.12. The van der Waals surface area contributed by atoms with Gasteiger partial charge in [0.05, 0.1) is 12.7 Å². The minimum absolute atomic E-state index is 0.443. The van der Waals surface area contributed by atoms with Gasteiger partial charge >= 0.3 is 6.18 Å². The number of ether oxygens (including phenoxy) is 1. The Morgan fingerprint density at radius 3 is 2.48 bits per heavy atom. The van der Waals surface area contributed by atoms with E-state index in [1.165, 1.54) is 6.07 Å². The summed E-state index contributed by atoms with van der Waals surface area (Å²) in [4.78, 5) is 0. The van der Waals surface area contributed by atoms with E-state index in [1.54, 1.807) is 13.2 Å². The van der Waals surface area contributed by atoms with Gasteiger partial charge in [-0.2, -0.15) is 13.2 Å². The number of rotatable bonds is 4. The topological polar surface area (TPSA) is 21.3 Å². The van der Waals surface area contributed by atoms with E-state index >= 15 is 0 Å². The summed E-state index contributed by atoms with van der Waals surface area (Å²) in [6.45, 7) is 2.37. The van der Waals surface area contributed by atoms with Gasteiger partial charge in [-0.1, -0.05) is 18.2 Å². The van der Waals surface area contributed by atoms with Gasteiger partial charge in [0.2, 0.25) is 0 Å². The van der Waals surface area contributed by atoms with Crippen molar-refractivity contribution in [2.45, 2.75) is 19.6 Å². The third-order valence-corrected chi connectivity index (χ3v) is 3.15. The Bertz CT molecular complexity index is 623. The van der Waals surface area contributed by atoms with Crippen molar-refractivity contribution in [2.75, 3.05) is 12.4 Å². The molecule has 0 aliphatic heterocycles. The summed E-state index contributed by atoms with van der Waals surface area (Å²) >= 11 is 0. The Hall–Kier alpha value is -2.17. The fourth-order valence-corrected chi connectivity index (χ4v) is 2.06. The summed E-state index contributed by atoms with van der Waals surface area (Å²) in [5, 5.41) is 3.00. The lowest BCUT2D eigenvalue weighted by molar-refractivity contribution is -0.137. The Morgan fingerprint density at radius 1 is 1.10 bits per heavy atom. The van der Waals surface area contributed by atoms with Crippen molar-refractivity contribution in [2.24, 2.45) is 0 Å². The molecule has 0 amide bonds. The monoisotopic (exact) mass is 295 g/mol. The Morgan fingerprint density at radius 2 is 1.86 bits per heavy atom. The van der Waals surface area contributed by atoms with Crippen molar-refractivity contribution in [3.8, 4) is 5.75 Å². The number of anilines is 1. The molecule has 2 nitrogen and oxygen atoms in total. The van der Waals surface area contributed by atoms with E-state index in [0.29, 0.717) is 12.2 Å². The second-order valence-corrected chi connectivity index (χ2v) is 4.74. The summed E-state index contributed by atoms with van der Waals surface area (Å²) in [5.74, 6) is 0.790. The SMILES string of the molecule is COc1ccc(CNc2cccc(C(F)(F)F)c2)cc1C. The summed E-state index contributed by atoms with van der Waals surface area (Å²) in [6, 6.07) is 10.8. The van der Waals surface area contributed by atoms with Crippen molar-refractivity contribution in [3.63, 3.8) is 0 Å². The van der Waals surface area contributed by atoms with Crippen LogP contribution in [0.25, 0.3) is 0 Å². The largest absolute Gasteiger partial charge is 0.496 e.